The van der Waals surface area contributed by atoms with E-state index in [4.69, 9.17) is 16.3 Å². The molecule has 0 aromatic heterocycles. The van der Waals surface area contributed by atoms with Gasteiger partial charge in [-0.15, -0.1) is 0 Å². The lowest BCUT2D eigenvalue weighted by molar-refractivity contribution is 0.0388. The normalized spacial score (nSPS) is 18.6. The molecule has 3 rings (SSSR count). The second-order valence-electron chi connectivity index (χ2n) is 6.20. The van der Waals surface area contributed by atoms with Crippen molar-refractivity contribution >= 4 is 29.0 Å². The van der Waals surface area contributed by atoms with E-state index < -0.39 is 0 Å². The standard InChI is InChI=1S/C17H25ClN4O2/c18-15-13-14(3-4-16(15)22-6-1-2-7-22)20-17(23)19-5-8-21-9-11-24-12-10-21/h3-4,13H,1-2,5-12H2,(H2,19,20,23). The van der Waals surface area contributed by atoms with E-state index in [1.54, 1.807) is 0 Å². The van der Waals surface area contributed by atoms with Crippen LogP contribution in [-0.4, -0.2) is 63.4 Å². The van der Waals surface area contributed by atoms with Gasteiger partial charge in [0.15, 0.2) is 0 Å². The summed E-state index contributed by atoms with van der Waals surface area (Å²) in [5.41, 5.74) is 1.76. The smallest absolute Gasteiger partial charge is 0.319 e. The number of carbonyl (C=O) groups is 1. The van der Waals surface area contributed by atoms with Gasteiger partial charge in [-0.1, -0.05) is 11.6 Å². The van der Waals surface area contributed by atoms with Gasteiger partial charge in [-0.2, -0.15) is 0 Å². The Morgan fingerprint density at radius 3 is 2.62 bits per heavy atom. The number of rotatable bonds is 5. The van der Waals surface area contributed by atoms with Crippen molar-refractivity contribution in [1.82, 2.24) is 10.2 Å². The van der Waals surface area contributed by atoms with Gasteiger partial charge in [-0.05, 0) is 31.0 Å². The molecule has 1 aromatic carbocycles. The topological polar surface area (TPSA) is 56.8 Å². The molecule has 24 heavy (non-hydrogen) atoms. The lowest BCUT2D eigenvalue weighted by Crippen LogP contribution is -2.42. The minimum atomic E-state index is -0.201. The zero-order chi connectivity index (χ0) is 16.8. The summed E-state index contributed by atoms with van der Waals surface area (Å²) in [7, 11) is 0. The number of urea groups is 1. The summed E-state index contributed by atoms with van der Waals surface area (Å²) in [4.78, 5) is 16.6. The third-order valence-corrected chi connectivity index (χ3v) is 4.77. The van der Waals surface area contributed by atoms with Gasteiger partial charge in [0.2, 0.25) is 0 Å². The Morgan fingerprint density at radius 2 is 1.92 bits per heavy atom. The van der Waals surface area contributed by atoms with Crippen LogP contribution in [0.25, 0.3) is 0 Å². The lowest BCUT2D eigenvalue weighted by atomic mass is 10.2. The molecule has 2 aliphatic heterocycles. The minimum Gasteiger partial charge on any atom is -0.379 e. The number of hydrogen-bond donors (Lipinski definition) is 2. The lowest BCUT2D eigenvalue weighted by Gasteiger charge is -2.26. The van der Waals surface area contributed by atoms with Crippen LogP contribution in [0.4, 0.5) is 16.2 Å². The number of hydrogen-bond acceptors (Lipinski definition) is 4. The molecule has 1 aromatic rings. The van der Waals surface area contributed by atoms with Gasteiger partial charge < -0.3 is 20.3 Å². The number of carbonyl (C=O) groups excluding carboxylic acids is 1. The van der Waals surface area contributed by atoms with Gasteiger partial charge in [-0.25, -0.2) is 4.79 Å². The minimum absolute atomic E-state index is 0.201. The van der Waals surface area contributed by atoms with Gasteiger partial charge >= 0.3 is 6.03 Å². The van der Waals surface area contributed by atoms with Crippen LogP contribution in [0.15, 0.2) is 18.2 Å². The van der Waals surface area contributed by atoms with Crippen LogP contribution in [0, 0.1) is 0 Å². The van der Waals surface area contributed by atoms with Gasteiger partial charge in [0.1, 0.15) is 0 Å². The summed E-state index contributed by atoms with van der Waals surface area (Å²) in [6.45, 7) is 6.95. The molecule has 0 atom stereocenters. The molecule has 2 fully saturated rings. The number of anilines is 2. The summed E-state index contributed by atoms with van der Waals surface area (Å²) in [6, 6.07) is 5.50. The van der Waals surface area contributed by atoms with Crippen LogP contribution in [0.2, 0.25) is 5.02 Å². The van der Waals surface area contributed by atoms with Crippen molar-refractivity contribution in [3.8, 4) is 0 Å². The Hall–Kier alpha value is -1.50. The molecule has 0 spiro atoms. The van der Waals surface area contributed by atoms with E-state index in [1.807, 2.05) is 18.2 Å². The number of nitrogens with zero attached hydrogens (tertiary/aromatic N) is 2. The maximum atomic E-state index is 12.0. The summed E-state index contributed by atoms with van der Waals surface area (Å²) in [5.74, 6) is 0. The van der Waals surface area contributed by atoms with Gasteiger partial charge in [0, 0.05) is 45.0 Å². The van der Waals surface area contributed by atoms with Crippen LogP contribution in [0.3, 0.4) is 0 Å². The summed E-state index contributed by atoms with van der Waals surface area (Å²) < 4.78 is 5.31. The van der Waals surface area contributed by atoms with E-state index >= 15 is 0 Å². The van der Waals surface area contributed by atoms with Crippen molar-refractivity contribution in [2.24, 2.45) is 0 Å². The Morgan fingerprint density at radius 1 is 1.17 bits per heavy atom. The first-order chi connectivity index (χ1) is 11.7. The molecule has 7 heteroatoms. The number of morpholine rings is 1. The van der Waals surface area contributed by atoms with Gasteiger partial charge in [0.05, 0.1) is 23.9 Å². The quantitative estimate of drug-likeness (QED) is 0.854. The molecule has 0 saturated carbocycles. The van der Waals surface area contributed by atoms with E-state index in [2.05, 4.69) is 20.4 Å². The highest BCUT2D eigenvalue weighted by Crippen LogP contribution is 2.31. The number of ether oxygens (including phenoxy) is 1. The van der Waals surface area contributed by atoms with Crippen molar-refractivity contribution in [3.63, 3.8) is 0 Å². The molecule has 6 nitrogen and oxygen atoms in total. The third-order valence-electron chi connectivity index (χ3n) is 4.47. The fourth-order valence-electron chi connectivity index (χ4n) is 3.13. The highest BCUT2D eigenvalue weighted by atomic mass is 35.5. The zero-order valence-corrected chi connectivity index (χ0v) is 14.6. The molecule has 0 bridgehead atoms. The molecule has 0 unspecified atom stereocenters. The Labute approximate surface area is 148 Å². The molecule has 2 aliphatic rings. The molecule has 2 heterocycles. The van der Waals surface area contributed by atoms with Crippen molar-refractivity contribution in [2.75, 3.05) is 62.7 Å². The second-order valence-corrected chi connectivity index (χ2v) is 6.60. The summed E-state index contributed by atoms with van der Waals surface area (Å²) >= 11 is 6.37. The number of halogens is 1. The first-order valence-electron chi connectivity index (χ1n) is 8.62. The first-order valence-corrected chi connectivity index (χ1v) is 8.99. The summed E-state index contributed by atoms with van der Waals surface area (Å²) in [6.07, 6.45) is 2.42. The van der Waals surface area contributed by atoms with Crippen molar-refractivity contribution in [1.29, 1.82) is 0 Å². The van der Waals surface area contributed by atoms with Crippen molar-refractivity contribution in [2.45, 2.75) is 12.8 Å². The van der Waals surface area contributed by atoms with Crippen LogP contribution in [0.5, 0.6) is 0 Å². The molecule has 0 radical (unpaired) electrons. The Kier molecular flexibility index (Phi) is 6.18. The maximum Gasteiger partial charge on any atom is 0.319 e. The van der Waals surface area contributed by atoms with Gasteiger partial charge in [0.25, 0.3) is 0 Å². The average Bonchev–Trinajstić information content (AvgIpc) is 3.10. The number of benzene rings is 1. The molecule has 132 valence electrons. The molecule has 0 aliphatic carbocycles. The maximum absolute atomic E-state index is 12.0. The van der Waals surface area contributed by atoms with Crippen molar-refractivity contribution < 1.29 is 9.53 Å². The Bertz CT molecular complexity index is 558. The summed E-state index contributed by atoms with van der Waals surface area (Å²) in [5, 5.41) is 6.41. The predicted molar refractivity (Wildman–Crippen MR) is 97.2 cm³/mol. The van der Waals surface area contributed by atoms with Crippen molar-refractivity contribution in [3.05, 3.63) is 23.2 Å². The molecule has 2 N–H and O–H groups in total. The van der Waals surface area contributed by atoms with Gasteiger partial charge in [-0.3, -0.25) is 4.90 Å². The highest BCUT2D eigenvalue weighted by Gasteiger charge is 2.16. The van der Waals surface area contributed by atoms with Crippen LogP contribution >= 0.6 is 11.6 Å². The second kappa shape index (κ2) is 8.55. The fourth-order valence-corrected chi connectivity index (χ4v) is 3.43. The zero-order valence-electron chi connectivity index (χ0n) is 13.9. The Balaban J connectivity index is 1.44. The molecular weight excluding hydrogens is 328 g/mol. The van der Waals surface area contributed by atoms with Crippen LogP contribution in [-0.2, 0) is 4.74 Å². The first kappa shape index (κ1) is 17.3. The average molecular weight is 353 g/mol. The monoisotopic (exact) mass is 352 g/mol. The predicted octanol–water partition coefficient (Wildman–Crippen LogP) is 2.39. The van der Waals surface area contributed by atoms with Crippen LogP contribution < -0.4 is 15.5 Å². The number of nitrogens with one attached hydrogen (secondary N) is 2. The van der Waals surface area contributed by atoms with E-state index in [9.17, 15) is 4.79 Å². The third kappa shape index (κ3) is 4.75. The molecular formula is C17H25ClN4O2. The molecule has 2 saturated heterocycles. The number of amides is 2. The van der Waals surface area contributed by atoms with E-state index in [-0.39, 0.29) is 6.03 Å². The highest BCUT2D eigenvalue weighted by molar-refractivity contribution is 6.33. The SMILES string of the molecule is O=C(NCCN1CCOCC1)Nc1ccc(N2CCCC2)c(Cl)c1. The van der Waals surface area contributed by atoms with E-state index in [0.29, 0.717) is 17.3 Å². The van der Waals surface area contributed by atoms with E-state index in [0.717, 1.165) is 51.6 Å². The molecule has 2 amide bonds. The van der Waals surface area contributed by atoms with Crippen LogP contribution in [0.1, 0.15) is 12.8 Å². The van der Waals surface area contributed by atoms with E-state index in [1.165, 1.54) is 12.8 Å². The largest absolute Gasteiger partial charge is 0.379 e. The fraction of sp³-hybridized carbons (Fsp3) is 0.588.